The fourth-order valence-electron chi connectivity index (χ4n) is 4.40. The molecule has 39 heavy (non-hydrogen) atoms. The zero-order valence-corrected chi connectivity index (χ0v) is 20.6. The van der Waals surface area contributed by atoms with Crippen molar-refractivity contribution in [1.29, 1.82) is 0 Å². The summed E-state index contributed by atoms with van der Waals surface area (Å²) in [5.74, 6) is -5.95. The normalized spacial score (nSPS) is 18.7. The van der Waals surface area contributed by atoms with Crippen LogP contribution in [-0.2, 0) is 0 Å². The monoisotopic (exact) mass is 558 g/mol. The van der Waals surface area contributed by atoms with Gasteiger partial charge in [0.05, 0.1) is 17.6 Å². The number of fused-ring (bicyclic) bond motifs is 1. The molecule has 1 aliphatic rings. The highest BCUT2D eigenvalue weighted by Crippen LogP contribution is 2.28. The molecule has 3 heterocycles. The molecule has 0 aliphatic carbocycles. The minimum Gasteiger partial charge on any atom is -0.389 e. The maximum atomic E-state index is 14.8. The van der Waals surface area contributed by atoms with Crippen molar-refractivity contribution in [2.75, 3.05) is 18.0 Å². The van der Waals surface area contributed by atoms with Crippen molar-refractivity contribution in [3.63, 3.8) is 0 Å². The molecule has 0 saturated carbocycles. The number of hydrogen-bond acceptors (Lipinski definition) is 6. The van der Waals surface area contributed by atoms with Crippen LogP contribution >= 0.6 is 0 Å². The Labute approximate surface area is 217 Å². The van der Waals surface area contributed by atoms with Crippen LogP contribution in [0.2, 0.25) is 0 Å². The number of amides is 1. The van der Waals surface area contributed by atoms with Gasteiger partial charge in [-0.05, 0) is 24.5 Å². The standard InChI is InChI=1S/C25H24F6N4O4/c1-11(2)5-19(25(29,30)31)32-24(39)14-8-35(21-15(27)6-12(26)7-16(21)28)23-13(22(14)38)3-4-20(33-23)34-9-17(36)18(37)10-34/h3-4,6-8,11,17-19,36-37H,5,9-10H2,1-2H3,(H,32,39)/t17-,18+,19-/m1/s1. The molecule has 3 atom stereocenters. The zero-order valence-electron chi connectivity index (χ0n) is 20.6. The first-order valence-corrected chi connectivity index (χ1v) is 11.9. The van der Waals surface area contributed by atoms with Gasteiger partial charge in [-0.25, -0.2) is 18.2 Å². The highest BCUT2D eigenvalue weighted by atomic mass is 19.4. The van der Waals surface area contributed by atoms with Crippen LogP contribution in [0.5, 0.6) is 0 Å². The Morgan fingerprint density at radius 1 is 1.10 bits per heavy atom. The summed E-state index contributed by atoms with van der Waals surface area (Å²) in [5.41, 5.74) is -3.25. The first-order valence-electron chi connectivity index (χ1n) is 11.9. The molecule has 0 bridgehead atoms. The first kappa shape index (κ1) is 28.4. The second-order valence-corrected chi connectivity index (χ2v) is 9.74. The average Bonchev–Trinajstić information content (AvgIpc) is 3.16. The number of carbonyl (C=O) groups is 1. The minimum atomic E-state index is -4.84. The third kappa shape index (κ3) is 5.71. The van der Waals surface area contributed by atoms with Gasteiger partial charge in [0.15, 0.2) is 17.3 Å². The lowest BCUT2D eigenvalue weighted by molar-refractivity contribution is -0.156. The summed E-state index contributed by atoms with van der Waals surface area (Å²) < 4.78 is 84.6. The summed E-state index contributed by atoms with van der Waals surface area (Å²) in [6, 6.07) is 0.832. The summed E-state index contributed by atoms with van der Waals surface area (Å²) in [6.07, 6.45) is -6.92. The SMILES string of the molecule is CC(C)C[C@@H](NC(=O)c1cn(-c2c(F)cc(F)cc2F)c2nc(N3C[C@@H](O)[C@@H](O)C3)ccc2c1=O)C(F)(F)F. The third-order valence-electron chi connectivity index (χ3n) is 6.29. The van der Waals surface area contributed by atoms with E-state index in [1.807, 2.05) is 0 Å². The van der Waals surface area contributed by atoms with Gasteiger partial charge in [0.1, 0.15) is 28.9 Å². The maximum absolute atomic E-state index is 14.8. The van der Waals surface area contributed by atoms with Gasteiger partial charge in [-0.1, -0.05) is 13.8 Å². The molecule has 0 radical (unpaired) electrons. The van der Waals surface area contributed by atoms with Crippen LogP contribution in [0.4, 0.5) is 32.2 Å². The number of aromatic nitrogens is 2. The van der Waals surface area contributed by atoms with Crippen molar-refractivity contribution >= 4 is 22.8 Å². The summed E-state index contributed by atoms with van der Waals surface area (Å²) >= 11 is 0. The van der Waals surface area contributed by atoms with Crippen LogP contribution < -0.4 is 15.6 Å². The van der Waals surface area contributed by atoms with Crippen molar-refractivity contribution in [2.24, 2.45) is 5.92 Å². The van der Waals surface area contributed by atoms with Crippen molar-refractivity contribution in [1.82, 2.24) is 14.9 Å². The van der Waals surface area contributed by atoms with E-state index >= 15 is 0 Å². The van der Waals surface area contributed by atoms with Gasteiger partial charge < -0.3 is 20.4 Å². The van der Waals surface area contributed by atoms with E-state index in [1.165, 1.54) is 24.8 Å². The number of alkyl halides is 3. The smallest absolute Gasteiger partial charge is 0.389 e. The van der Waals surface area contributed by atoms with Gasteiger partial charge in [0.2, 0.25) is 5.43 Å². The number of nitrogens with one attached hydrogen (secondary N) is 1. The predicted octanol–water partition coefficient (Wildman–Crippen LogP) is 3.05. The maximum Gasteiger partial charge on any atom is 0.408 e. The van der Waals surface area contributed by atoms with Gasteiger partial charge in [0.25, 0.3) is 5.91 Å². The largest absolute Gasteiger partial charge is 0.408 e. The quantitative estimate of drug-likeness (QED) is 0.402. The van der Waals surface area contributed by atoms with Gasteiger partial charge in [-0.2, -0.15) is 13.2 Å². The predicted molar refractivity (Wildman–Crippen MR) is 128 cm³/mol. The van der Waals surface area contributed by atoms with E-state index in [1.54, 1.807) is 5.32 Å². The van der Waals surface area contributed by atoms with Crippen molar-refractivity contribution in [2.45, 2.75) is 44.7 Å². The van der Waals surface area contributed by atoms with Crippen molar-refractivity contribution in [3.8, 4) is 5.69 Å². The van der Waals surface area contributed by atoms with Crippen molar-refractivity contribution in [3.05, 3.63) is 63.7 Å². The molecule has 8 nitrogen and oxygen atoms in total. The number of β-amino-alcohol motifs (C(OH)–C–C–N with tert-alkyl or cyclic N) is 2. The summed E-state index contributed by atoms with van der Waals surface area (Å²) in [4.78, 5) is 31.8. The molecule has 3 N–H and O–H groups in total. The lowest BCUT2D eigenvalue weighted by Gasteiger charge is -2.23. The summed E-state index contributed by atoms with van der Waals surface area (Å²) in [5, 5.41) is 21.1. The fourth-order valence-corrected chi connectivity index (χ4v) is 4.40. The Balaban J connectivity index is 1.92. The first-order chi connectivity index (χ1) is 18.2. The van der Waals surface area contributed by atoms with Crippen LogP contribution in [0.3, 0.4) is 0 Å². The van der Waals surface area contributed by atoms with E-state index < -0.39 is 82.5 Å². The van der Waals surface area contributed by atoms with E-state index in [9.17, 15) is 46.1 Å². The second kappa shape index (κ2) is 10.5. The number of hydrogen-bond donors (Lipinski definition) is 3. The highest BCUT2D eigenvalue weighted by molar-refractivity contribution is 5.97. The molecule has 210 valence electrons. The second-order valence-electron chi connectivity index (χ2n) is 9.74. The van der Waals surface area contributed by atoms with Crippen LogP contribution in [0.1, 0.15) is 30.6 Å². The lowest BCUT2D eigenvalue weighted by Crippen LogP contribution is -2.47. The Bertz CT molecular complexity index is 1440. The molecule has 1 aliphatic heterocycles. The molecule has 1 fully saturated rings. The molecular formula is C25H24F6N4O4. The molecule has 0 unspecified atom stereocenters. The van der Waals surface area contributed by atoms with Gasteiger partial charge in [-0.3, -0.25) is 14.2 Å². The molecule has 1 amide bonds. The highest BCUT2D eigenvalue weighted by Gasteiger charge is 2.41. The third-order valence-corrected chi connectivity index (χ3v) is 6.29. The van der Waals surface area contributed by atoms with E-state index in [2.05, 4.69) is 4.98 Å². The van der Waals surface area contributed by atoms with Crippen LogP contribution in [0, 0.1) is 23.4 Å². The number of aliphatic hydroxyl groups is 2. The number of benzene rings is 1. The van der Waals surface area contributed by atoms with Gasteiger partial charge >= 0.3 is 6.18 Å². The molecule has 3 aromatic rings. The molecule has 14 heteroatoms. The summed E-state index contributed by atoms with van der Waals surface area (Å²) in [7, 11) is 0. The average molecular weight is 558 g/mol. The number of nitrogens with zero attached hydrogens (tertiary/aromatic N) is 3. The summed E-state index contributed by atoms with van der Waals surface area (Å²) in [6.45, 7) is 2.90. The Hall–Kier alpha value is -3.65. The van der Waals surface area contributed by atoms with E-state index in [-0.39, 0.29) is 24.3 Å². The fraction of sp³-hybridized carbons (Fsp3) is 0.400. The molecule has 4 rings (SSSR count). The number of aliphatic hydroxyl groups excluding tert-OH is 2. The van der Waals surface area contributed by atoms with Crippen LogP contribution in [0.15, 0.2) is 35.3 Å². The van der Waals surface area contributed by atoms with Crippen molar-refractivity contribution < 1.29 is 41.4 Å². The van der Waals surface area contributed by atoms with Crippen LogP contribution in [0.25, 0.3) is 16.7 Å². The lowest BCUT2D eigenvalue weighted by atomic mass is 10.0. The van der Waals surface area contributed by atoms with Crippen LogP contribution in [-0.4, -0.2) is 63.2 Å². The van der Waals surface area contributed by atoms with E-state index in [0.717, 1.165) is 6.07 Å². The molecule has 2 aromatic heterocycles. The molecule has 0 spiro atoms. The molecule has 1 saturated heterocycles. The Kier molecular flexibility index (Phi) is 7.63. The zero-order chi connectivity index (χ0) is 28.8. The number of carbonyl (C=O) groups excluding carboxylic acids is 1. The number of anilines is 1. The van der Waals surface area contributed by atoms with E-state index in [0.29, 0.717) is 22.9 Å². The Morgan fingerprint density at radius 2 is 1.69 bits per heavy atom. The number of halogens is 6. The molecule has 1 aromatic carbocycles. The number of pyridine rings is 2. The topological polar surface area (TPSA) is 108 Å². The van der Waals surface area contributed by atoms with Gasteiger partial charge in [0, 0.05) is 31.4 Å². The Morgan fingerprint density at radius 3 is 2.23 bits per heavy atom. The minimum absolute atomic E-state index is 0.0572. The van der Waals surface area contributed by atoms with E-state index in [4.69, 9.17) is 0 Å². The number of rotatable bonds is 6. The van der Waals surface area contributed by atoms with Gasteiger partial charge in [-0.15, -0.1) is 0 Å². The molecular weight excluding hydrogens is 534 g/mol.